The number of urea groups is 1. The summed E-state index contributed by atoms with van der Waals surface area (Å²) in [4.78, 5) is 23.3. The molecule has 2 N–H and O–H groups in total. The van der Waals surface area contributed by atoms with E-state index in [9.17, 15) is 9.59 Å². The van der Waals surface area contributed by atoms with Gasteiger partial charge < -0.3 is 19.5 Å². The molecule has 23 heavy (non-hydrogen) atoms. The highest BCUT2D eigenvalue weighted by atomic mass is 32.1. The van der Waals surface area contributed by atoms with Crippen molar-refractivity contribution >= 4 is 28.3 Å². The zero-order valence-electron chi connectivity index (χ0n) is 12.9. The van der Waals surface area contributed by atoms with Crippen molar-refractivity contribution in [1.29, 1.82) is 0 Å². The third-order valence-electron chi connectivity index (χ3n) is 4.03. The minimum absolute atomic E-state index is 0.118. The molecule has 0 aromatic carbocycles. The number of rotatable bonds is 4. The Balaban J connectivity index is 1.43. The molecule has 126 valence electrons. The van der Waals surface area contributed by atoms with Crippen LogP contribution in [0.15, 0.2) is 11.4 Å². The molecule has 1 saturated heterocycles. The molecule has 3 rings (SSSR count). The van der Waals surface area contributed by atoms with Crippen molar-refractivity contribution in [2.45, 2.75) is 37.6 Å². The molecule has 1 unspecified atom stereocenters. The van der Waals surface area contributed by atoms with E-state index < -0.39 is 11.8 Å². The van der Waals surface area contributed by atoms with Crippen molar-refractivity contribution < 1.29 is 23.8 Å². The molecule has 2 fully saturated rings. The van der Waals surface area contributed by atoms with Gasteiger partial charge in [-0.3, -0.25) is 5.32 Å². The Hall–Kier alpha value is -1.64. The second kappa shape index (κ2) is 6.86. The Labute approximate surface area is 138 Å². The van der Waals surface area contributed by atoms with Crippen molar-refractivity contribution in [3.05, 3.63) is 17.0 Å². The summed E-state index contributed by atoms with van der Waals surface area (Å²) in [5.74, 6) is -0.834. The van der Waals surface area contributed by atoms with Crippen LogP contribution >= 0.6 is 11.3 Å². The third-order valence-corrected chi connectivity index (χ3v) is 4.87. The Morgan fingerprint density at radius 1 is 1.43 bits per heavy atom. The summed E-state index contributed by atoms with van der Waals surface area (Å²) in [5.41, 5.74) is 0.420. The number of hydrogen-bond donors (Lipinski definition) is 2. The average molecular weight is 340 g/mol. The first-order chi connectivity index (χ1) is 11.1. The number of ether oxygens (including phenoxy) is 3. The van der Waals surface area contributed by atoms with Gasteiger partial charge in [-0.05, 0) is 18.9 Å². The van der Waals surface area contributed by atoms with E-state index in [-0.39, 0.29) is 12.1 Å². The molecule has 1 aliphatic heterocycles. The van der Waals surface area contributed by atoms with Gasteiger partial charge in [-0.1, -0.05) is 0 Å². The molecule has 2 heterocycles. The molecule has 1 aliphatic carbocycles. The number of nitrogens with one attached hydrogen (secondary N) is 2. The number of thiophene rings is 1. The quantitative estimate of drug-likeness (QED) is 0.822. The molecule has 0 radical (unpaired) electrons. The Morgan fingerprint density at radius 2 is 2.22 bits per heavy atom. The zero-order chi connectivity index (χ0) is 16.3. The maximum absolute atomic E-state index is 11.9. The van der Waals surface area contributed by atoms with Gasteiger partial charge in [0.15, 0.2) is 5.79 Å². The zero-order valence-corrected chi connectivity index (χ0v) is 13.7. The fourth-order valence-electron chi connectivity index (χ4n) is 2.88. The van der Waals surface area contributed by atoms with Gasteiger partial charge in [-0.15, -0.1) is 11.3 Å². The lowest BCUT2D eigenvalue weighted by Gasteiger charge is -2.21. The molecule has 2 aliphatic rings. The second-order valence-electron chi connectivity index (χ2n) is 5.69. The van der Waals surface area contributed by atoms with Crippen LogP contribution in [0.25, 0.3) is 0 Å². The molecular weight excluding hydrogens is 320 g/mol. The summed E-state index contributed by atoms with van der Waals surface area (Å²) < 4.78 is 16.3. The van der Waals surface area contributed by atoms with Gasteiger partial charge in [-0.25, -0.2) is 9.59 Å². The van der Waals surface area contributed by atoms with Crippen LogP contribution in [-0.2, 0) is 14.2 Å². The lowest BCUT2D eigenvalue weighted by Crippen LogP contribution is -2.37. The number of methoxy groups -OCH3 is 1. The fraction of sp³-hybridized carbons (Fsp3) is 0.600. The molecule has 2 amide bonds. The molecule has 1 aromatic rings. The Morgan fingerprint density at radius 3 is 2.96 bits per heavy atom. The predicted molar refractivity (Wildman–Crippen MR) is 84.7 cm³/mol. The minimum atomic E-state index is -0.423. The maximum atomic E-state index is 11.9. The van der Waals surface area contributed by atoms with Crippen LogP contribution in [0.3, 0.4) is 0 Å². The highest BCUT2D eigenvalue weighted by Crippen LogP contribution is 2.38. The summed E-state index contributed by atoms with van der Waals surface area (Å²) in [5, 5.41) is 7.68. The van der Waals surface area contributed by atoms with Gasteiger partial charge in [0.05, 0.1) is 24.3 Å². The van der Waals surface area contributed by atoms with E-state index in [0.29, 0.717) is 23.7 Å². The topological polar surface area (TPSA) is 85.9 Å². The highest BCUT2D eigenvalue weighted by molar-refractivity contribution is 7.14. The van der Waals surface area contributed by atoms with Crippen LogP contribution in [0.4, 0.5) is 9.80 Å². The smallest absolute Gasteiger partial charge is 0.338 e. The normalized spacial score (nSPS) is 22.2. The summed E-state index contributed by atoms with van der Waals surface area (Å²) in [7, 11) is 1.32. The third kappa shape index (κ3) is 3.82. The van der Waals surface area contributed by atoms with E-state index >= 15 is 0 Å². The molecule has 1 spiro atoms. The Kier molecular flexibility index (Phi) is 4.84. The number of carbonyl (C=O) groups excluding carboxylic acids is 2. The maximum Gasteiger partial charge on any atom is 0.338 e. The van der Waals surface area contributed by atoms with Crippen molar-refractivity contribution in [3.8, 4) is 0 Å². The second-order valence-corrected chi connectivity index (χ2v) is 6.61. The van der Waals surface area contributed by atoms with Crippen molar-refractivity contribution in [1.82, 2.24) is 5.32 Å². The van der Waals surface area contributed by atoms with E-state index in [1.54, 1.807) is 11.4 Å². The van der Waals surface area contributed by atoms with Crippen LogP contribution < -0.4 is 10.6 Å². The SMILES string of the molecule is COC(=O)c1csc(NC(=O)NCC2COC3(CCCC3)O2)c1. The van der Waals surface area contributed by atoms with Crippen LogP contribution in [-0.4, -0.2) is 44.2 Å². The van der Waals surface area contributed by atoms with Crippen molar-refractivity contribution in [3.63, 3.8) is 0 Å². The van der Waals surface area contributed by atoms with Crippen LogP contribution in [0.2, 0.25) is 0 Å². The van der Waals surface area contributed by atoms with Gasteiger partial charge >= 0.3 is 12.0 Å². The van der Waals surface area contributed by atoms with Crippen molar-refractivity contribution in [2.24, 2.45) is 0 Å². The van der Waals surface area contributed by atoms with Gasteiger partial charge in [0.25, 0.3) is 0 Å². The lowest BCUT2D eigenvalue weighted by molar-refractivity contribution is -0.160. The summed E-state index contributed by atoms with van der Waals surface area (Å²) in [6.07, 6.45) is 4.00. The van der Waals surface area contributed by atoms with Crippen molar-refractivity contribution in [2.75, 3.05) is 25.6 Å². The van der Waals surface area contributed by atoms with E-state index in [2.05, 4.69) is 15.4 Å². The average Bonchev–Trinajstić information content (AvgIpc) is 3.28. The molecule has 0 bridgehead atoms. The van der Waals surface area contributed by atoms with Gasteiger partial charge in [0, 0.05) is 24.8 Å². The van der Waals surface area contributed by atoms with E-state index in [4.69, 9.17) is 9.47 Å². The first kappa shape index (κ1) is 16.2. The summed E-state index contributed by atoms with van der Waals surface area (Å²) in [6.45, 7) is 0.897. The minimum Gasteiger partial charge on any atom is -0.465 e. The first-order valence-corrected chi connectivity index (χ1v) is 8.52. The molecule has 8 heteroatoms. The summed E-state index contributed by atoms with van der Waals surface area (Å²) in [6, 6.07) is 1.25. The van der Waals surface area contributed by atoms with Gasteiger partial charge in [0.2, 0.25) is 0 Å². The van der Waals surface area contributed by atoms with E-state index in [0.717, 1.165) is 25.7 Å². The van der Waals surface area contributed by atoms with E-state index in [1.807, 2.05) is 0 Å². The van der Waals surface area contributed by atoms with Crippen LogP contribution in [0.5, 0.6) is 0 Å². The van der Waals surface area contributed by atoms with Gasteiger partial charge in [-0.2, -0.15) is 0 Å². The largest absolute Gasteiger partial charge is 0.465 e. The molecule has 1 atom stereocenters. The highest BCUT2D eigenvalue weighted by Gasteiger charge is 2.43. The predicted octanol–water partition coefficient (Wildman–Crippen LogP) is 2.34. The number of anilines is 1. The first-order valence-electron chi connectivity index (χ1n) is 7.64. The standard InChI is InChI=1S/C15H20N2O5S/c1-20-13(18)10-6-12(23-9-10)17-14(19)16-7-11-8-21-15(22-11)4-2-3-5-15/h6,9,11H,2-5,7-8H2,1H3,(H2,16,17,19). The van der Waals surface area contributed by atoms with Crippen LogP contribution in [0, 0.1) is 0 Å². The summed E-state index contributed by atoms with van der Waals surface area (Å²) >= 11 is 1.27. The number of esters is 1. The molecule has 7 nitrogen and oxygen atoms in total. The number of amides is 2. The van der Waals surface area contributed by atoms with Crippen LogP contribution in [0.1, 0.15) is 36.0 Å². The monoisotopic (exact) mass is 340 g/mol. The van der Waals surface area contributed by atoms with E-state index in [1.165, 1.54) is 18.4 Å². The number of hydrogen-bond acceptors (Lipinski definition) is 6. The van der Waals surface area contributed by atoms with Gasteiger partial charge in [0.1, 0.15) is 6.10 Å². The fourth-order valence-corrected chi connectivity index (χ4v) is 3.65. The molecule has 1 saturated carbocycles. The molecule has 1 aromatic heterocycles. The Bertz CT molecular complexity index is 582. The number of carbonyl (C=O) groups is 2. The lowest BCUT2D eigenvalue weighted by atomic mass is 10.2. The molecular formula is C15H20N2O5S.